The fourth-order valence-electron chi connectivity index (χ4n) is 2.97. The van der Waals surface area contributed by atoms with Gasteiger partial charge < -0.3 is 4.90 Å². The molecule has 0 radical (unpaired) electrons. The molecule has 1 amide bonds. The number of anilines is 1. The Kier molecular flexibility index (Phi) is 5.73. The summed E-state index contributed by atoms with van der Waals surface area (Å²) in [6.07, 6.45) is 2.60. The number of tetrazole rings is 1. The molecule has 2 aromatic carbocycles. The number of rotatable bonds is 7. The highest BCUT2D eigenvalue weighted by atomic mass is 16.2. The van der Waals surface area contributed by atoms with Crippen LogP contribution in [0.5, 0.6) is 0 Å². The van der Waals surface area contributed by atoms with E-state index in [-0.39, 0.29) is 5.91 Å². The van der Waals surface area contributed by atoms with Gasteiger partial charge >= 0.3 is 0 Å². The molecule has 0 fully saturated rings. The molecule has 0 unspecified atom stereocenters. The van der Waals surface area contributed by atoms with Crippen LogP contribution in [0.15, 0.2) is 48.5 Å². The number of aromatic amines is 1. The first-order valence-corrected chi connectivity index (χ1v) is 8.93. The monoisotopic (exact) mass is 349 g/mol. The molecule has 1 N–H and O–H groups in total. The number of benzene rings is 2. The summed E-state index contributed by atoms with van der Waals surface area (Å²) in [4.78, 5) is 14.4. The van der Waals surface area contributed by atoms with E-state index in [1.54, 1.807) is 0 Å². The Morgan fingerprint density at radius 2 is 1.88 bits per heavy atom. The Labute approximate surface area is 153 Å². The van der Waals surface area contributed by atoms with Gasteiger partial charge in [0.1, 0.15) is 0 Å². The van der Waals surface area contributed by atoms with Crippen molar-refractivity contribution in [2.45, 2.75) is 39.7 Å². The average molecular weight is 349 g/mol. The van der Waals surface area contributed by atoms with E-state index in [0.717, 1.165) is 29.7 Å². The molecule has 1 heterocycles. The number of carbonyl (C=O) groups is 1. The van der Waals surface area contributed by atoms with Gasteiger partial charge in [-0.25, -0.2) is 5.10 Å². The van der Waals surface area contributed by atoms with Gasteiger partial charge in [-0.1, -0.05) is 56.7 Å². The molecule has 0 atom stereocenters. The van der Waals surface area contributed by atoms with Gasteiger partial charge in [-0.2, -0.15) is 0 Å². The van der Waals surface area contributed by atoms with Crippen LogP contribution in [-0.2, 0) is 17.8 Å². The Balaban J connectivity index is 1.90. The highest BCUT2D eigenvalue weighted by Gasteiger charge is 2.16. The van der Waals surface area contributed by atoms with Crippen LogP contribution in [0.1, 0.15) is 37.8 Å². The molecule has 0 saturated heterocycles. The van der Waals surface area contributed by atoms with E-state index in [4.69, 9.17) is 0 Å². The molecule has 6 heteroatoms. The second kappa shape index (κ2) is 8.38. The lowest BCUT2D eigenvalue weighted by Gasteiger charge is -2.23. The van der Waals surface area contributed by atoms with E-state index in [1.807, 2.05) is 36.1 Å². The van der Waals surface area contributed by atoms with Crippen molar-refractivity contribution in [3.63, 3.8) is 0 Å². The zero-order chi connectivity index (χ0) is 18.4. The van der Waals surface area contributed by atoms with E-state index in [1.165, 1.54) is 5.56 Å². The fourth-order valence-corrected chi connectivity index (χ4v) is 2.97. The number of aromatic nitrogens is 4. The van der Waals surface area contributed by atoms with Gasteiger partial charge in [-0.3, -0.25) is 4.79 Å². The molecule has 26 heavy (non-hydrogen) atoms. The zero-order valence-corrected chi connectivity index (χ0v) is 15.1. The van der Waals surface area contributed by atoms with Gasteiger partial charge in [0.25, 0.3) is 0 Å². The van der Waals surface area contributed by atoms with Crippen LogP contribution < -0.4 is 4.90 Å². The van der Waals surface area contributed by atoms with Crippen LogP contribution >= 0.6 is 0 Å². The molecule has 3 aromatic rings. The average Bonchev–Trinajstić information content (AvgIpc) is 3.21. The minimum Gasteiger partial charge on any atom is -0.308 e. The van der Waals surface area contributed by atoms with Crippen LogP contribution in [0.2, 0.25) is 0 Å². The predicted molar refractivity (Wildman–Crippen MR) is 102 cm³/mol. The molecule has 0 aliphatic heterocycles. The number of nitrogens with one attached hydrogen (secondary N) is 1. The number of carbonyl (C=O) groups excluding carboxylic acids is 1. The molecular formula is C20H23N5O. The summed E-state index contributed by atoms with van der Waals surface area (Å²) >= 11 is 0. The Morgan fingerprint density at radius 3 is 2.62 bits per heavy atom. The van der Waals surface area contributed by atoms with Gasteiger partial charge in [-0.15, -0.1) is 5.10 Å². The summed E-state index contributed by atoms with van der Waals surface area (Å²) in [5.41, 5.74) is 4.12. The molecule has 0 bridgehead atoms. The lowest BCUT2D eigenvalue weighted by Crippen LogP contribution is -2.29. The van der Waals surface area contributed by atoms with Gasteiger partial charge in [-0.05, 0) is 40.1 Å². The summed E-state index contributed by atoms with van der Waals surface area (Å²) in [5.74, 6) is 0.666. The Hall–Kier alpha value is -3.02. The minimum atomic E-state index is 0.0822. The summed E-state index contributed by atoms with van der Waals surface area (Å²) in [7, 11) is 0. The van der Waals surface area contributed by atoms with Crippen molar-refractivity contribution in [1.29, 1.82) is 0 Å². The third-order valence-corrected chi connectivity index (χ3v) is 4.25. The van der Waals surface area contributed by atoms with Crippen molar-refractivity contribution in [1.82, 2.24) is 20.6 Å². The molecule has 1 aromatic heterocycles. The molecule has 0 aliphatic carbocycles. The second-order valence-electron chi connectivity index (χ2n) is 6.20. The van der Waals surface area contributed by atoms with E-state index in [9.17, 15) is 4.79 Å². The van der Waals surface area contributed by atoms with Crippen LogP contribution in [0.4, 0.5) is 5.69 Å². The maximum atomic E-state index is 12.6. The standard InChI is InChI=1S/C20H23N5O/c1-3-7-15-8-5-9-16(12-15)14-25(19(26)4-2)18-11-6-10-17(13-18)20-21-23-24-22-20/h5-6,8-13H,3-4,7,14H2,1-2H3,(H,21,22,23,24). The van der Waals surface area contributed by atoms with Gasteiger partial charge in [0, 0.05) is 17.7 Å². The van der Waals surface area contributed by atoms with Crippen molar-refractivity contribution in [2.24, 2.45) is 0 Å². The largest absolute Gasteiger partial charge is 0.308 e. The van der Waals surface area contributed by atoms with Crippen LogP contribution in [0, 0.1) is 0 Å². The number of hydrogen-bond acceptors (Lipinski definition) is 4. The number of H-pyrrole nitrogens is 1. The Bertz CT molecular complexity index is 860. The van der Waals surface area contributed by atoms with Crippen molar-refractivity contribution < 1.29 is 4.79 Å². The number of hydrogen-bond donors (Lipinski definition) is 1. The SMILES string of the molecule is CCCc1cccc(CN(C(=O)CC)c2cccc(-c3nnn[nH]3)c2)c1. The fraction of sp³-hybridized carbons (Fsp3) is 0.300. The molecule has 3 rings (SSSR count). The highest BCUT2D eigenvalue weighted by Crippen LogP contribution is 2.24. The summed E-state index contributed by atoms with van der Waals surface area (Å²) in [5, 5.41) is 13.9. The maximum Gasteiger partial charge on any atom is 0.227 e. The smallest absolute Gasteiger partial charge is 0.227 e. The summed E-state index contributed by atoms with van der Waals surface area (Å²) in [6, 6.07) is 16.2. The lowest BCUT2D eigenvalue weighted by atomic mass is 10.1. The highest BCUT2D eigenvalue weighted by molar-refractivity contribution is 5.93. The molecular weight excluding hydrogens is 326 g/mol. The van der Waals surface area contributed by atoms with Crippen LogP contribution in [0.25, 0.3) is 11.4 Å². The second-order valence-corrected chi connectivity index (χ2v) is 6.20. The number of nitrogens with zero attached hydrogens (tertiary/aromatic N) is 4. The molecule has 0 aliphatic rings. The number of aryl methyl sites for hydroxylation is 1. The van der Waals surface area contributed by atoms with Gasteiger partial charge in [0.2, 0.25) is 5.91 Å². The van der Waals surface area contributed by atoms with Crippen molar-refractivity contribution in [2.75, 3.05) is 4.90 Å². The molecule has 0 spiro atoms. The summed E-state index contributed by atoms with van der Waals surface area (Å²) in [6.45, 7) is 4.60. The van der Waals surface area contributed by atoms with E-state index in [2.05, 4.69) is 51.8 Å². The molecule has 134 valence electrons. The lowest BCUT2D eigenvalue weighted by molar-refractivity contribution is -0.118. The summed E-state index contributed by atoms with van der Waals surface area (Å²) < 4.78 is 0. The number of amides is 1. The van der Waals surface area contributed by atoms with E-state index < -0.39 is 0 Å². The van der Waals surface area contributed by atoms with E-state index in [0.29, 0.717) is 18.8 Å². The predicted octanol–water partition coefficient (Wildman–Crippen LogP) is 3.76. The van der Waals surface area contributed by atoms with Gasteiger partial charge in [0.05, 0.1) is 6.54 Å². The van der Waals surface area contributed by atoms with Crippen molar-refractivity contribution in [3.05, 3.63) is 59.7 Å². The van der Waals surface area contributed by atoms with Crippen molar-refractivity contribution in [3.8, 4) is 11.4 Å². The first-order chi connectivity index (χ1) is 12.7. The molecule has 0 saturated carbocycles. The normalized spacial score (nSPS) is 10.7. The quantitative estimate of drug-likeness (QED) is 0.705. The minimum absolute atomic E-state index is 0.0822. The third kappa shape index (κ3) is 4.14. The first-order valence-electron chi connectivity index (χ1n) is 8.93. The van der Waals surface area contributed by atoms with Crippen molar-refractivity contribution >= 4 is 11.6 Å². The third-order valence-electron chi connectivity index (χ3n) is 4.25. The van der Waals surface area contributed by atoms with Crippen LogP contribution in [-0.4, -0.2) is 26.5 Å². The Morgan fingerprint density at radius 1 is 1.08 bits per heavy atom. The first kappa shape index (κ1) is 17.8. The topological polar surface area (TPSA) is 74.8 Å². The van der Waals surface area contributed by atoms with E-state index >= 15 is 0 Å². The zero-order valence-electron chi connectivity index (χ0n) is 15.1. The maximum absolute atomic E-state index is 12.6. The molecule has 6 nitrogen and oxygen atoms in total. The van der Waals surface area contributed by atoms with Crippen LogP contribution in [0.3, 0.4) is 0 Å². The van der Waals surface area contributed by atoms with Gasteiger partial charge in [0.15, 0.2) is 5.82 Å².